The Morgan fingerprint density at radius 2 is 1.53 bits per heavy atom. The summed E-state index contributed by atoms with van der Waals surface area (Å²) in [4.78, 5) is 23.9. The minimum atomic E-state index is -0.591. The average molecular weight is 412 g/mol. The molecule has 0 bridgehead atoms. The van der Waals surface area contributed by atoms with Gasteiger partial charge in [0.15, 0.2) is 11.9 Å². The Hall–Kier alpha value is -2.66. The number of ether oxygens (including phenoxy) is 2. The number of rotatable bonds is 12. The molecule has 2 aromatic rings. The lowest BCUT2D eigenvalue weighted by molar-refractivity contribution is -0.128. The number of hydrogen-bond acceptors (Lipinski definition) is 4. The van der Waals surface area contributed by atoms with Gasteiger partial charge in [0.2, 0.25) is 0 Å². The number of amides is 1. The lowest BCUT2D eigenvalue weighted by Gasteiger charge is -2.16. The van der Waals surface area contributed by atoms with E-state index in [0.29, 0.717) is 25.3 Å². The summed E-state index contributed by atoms with van der Waals surface area (Å²) < 4.78 is 11.2. The third-order valence-corrected chi connectivity index (χ3v) is 4.99. The maximum atomic E-state index is 12.3. The minimum Gasteiger partial charge on any atom is -0.481 e. The van der Waals surface area contributed by atoms with E-state index in [-0.39, 0.29) is 11.7 Å². The van der Waals surface area contributed by atoms with Crippen LogP contribution in [0.1, 0.15) is 44.4 Å². The molecule has 0 aliphatic rings. The molecule has 0 aliphatic heterocycles. The molecule has 0 heterocycles. The van der Waals surface area contributed by atoms with Crippen LogP contribution in [0.2, 0.25) is 0 Å². The van der Waals surface area contributed by atoms with E-state index in [1.54, 1.807) is 13.8 Å². The maximum absolute atomic E-state index is 12.3. The summed E-state index contributed by atoms with van der Waals surface area (Å²) >= 11 is 0. The van der Waals surface area contributed by atoms with Gasteiger partial charge in [-0.15, -0.1) is 0 Å². The van der Waals surface area contributed by atoms with Crippen LogP contribution in [0.4, 0.5) is 0 Å². The molecule has 162 valence electrons. The Morgan fingerprint density at radius 3 is 2.10 bits per heavy atom. The number of ketones is 1. The second-order valence-electron chi connectivity index (χ2n) is 7.37. The second kappa shape index (κ2) is 12.1. The molecule has 0 unspecified atom stereocenters. The molecule has 1 amide bonds. The molecule has 0 spiro atoms. The molecule has 2 aromatic carbocycles. The molecular weight excluding hydrogens is 378 g/mol. The normalized spacial score (nSPS) is 12.8. The van der Waals surface area contributed by atoms with Crippen LogP contribution in [-0.4, -0.2) is 37.0 Å². The third kappa shape index (κ3) is 7.64. The standard InChI is InChI=1S/C25H33NO4/c1-5-20-7-9-21(10-8-20)15-16-26-25(28)19(4)30-23-13-11-22(12-14-23)17-24(18(3)27)29-6-2/h7-14,19,24H,5-6,15-17H2,1-4H3,(H,26,28)/t19-,24+/m1/s1. The number of carbonyl (C=O) groups is 2. The van der Waals surface area contributed by atoms with Crippen LogP contribution in [0.3, 0.4) is 0 Å². The lowest BCUT2D eigenvalue weighted by atomic mass is 10.1. The zero-order chi connectivity index (χ0) is 21.9. The predicted octanol–water partition coefficient (Wildman–Crippen LogP) is 3.91. The first-order valence-electron chi connectivity index (χ1n) is 10.7. The van der Waals surface area contributed by atoms with Gasteiger partial charge < -0.3 is 14.8 Å². The van der Waals surface area contributed by atoms with E-state index in [0.717, 1.165) is 18.4 Å². The number of Topliss-reactive ketones (excluding diaryl/α,β-unsaturated/α-hetero) is 1. The van der Waals surface area contributed by atoms with Crippen molar-refractivity contribution in [3.63, 3.8) is 0 Å². The number of carbonyl (C=O) groups excluding carboxylic acids is 2. The van der Waals surface area contributed by atoms with Gasteiger partial charge >= 0.3 is 0 Å². The molecule has 2 rings (SSSR count). The van der Waals surface area contributed by atoms with Crippen LogP contribution in [-0.2, 0) is 33.6 Å². The second-order valence-corrected chi connectivity index (χ2v) is 7.37. The third-order valence-electron chi connectivity index (χ3n) is 4.99. The molecule has 0 aliphatic carbocycles. The summed E-state index contributed by atoms with van der Waals surface area (Å²) in [5, 5.41) is 2.93. The van der Waals surface area contributed by atoms with Gasteiger partial charge in [-0.3, -0.25) is 9.59 Å². The Balaban J connectivity index is 1.79. The first-order chi connectivity index (χ1) is 14.4. The van der Waals surface area contributed by atoms with E-state index in [4.69, 9.17) is 9.47 Å². The average Bonchev–Trinajstić information content (AvgIpc) is 2.75. The highest BCUT2D eigenvalue weighted by Gasteiger charge is 2.16. The van der Waals surface area contributed by atoms with Crippen molar-refractivity contribution in [3.8, 4) is 5.75 Å². The van der Waals surface area contributed by atoms with Crippen LogP contribution >= 0.6 is 0 Å². The van der Waals surface area contributed by atoms with Crippen LogP contribution in [0, 0.1) is 0 Å². The van der Waals surface area contributed by atoms with Gasteiger partial charge in [-0.25, -0.2) is 0 Å². The fourth-order valence-electron chi connectivity index (χ4n) is 3.11. The Bertz CT molecular complexity index is 799. The van der Waals surface area contributed by atoms with E-state index >= 15 is 0 Å². The van der Waals surface area contributed by atoms with E-state index in [2.05, 4.69) is 36.5 Å². The fraction of sp³-hybridized carbons (Fsp3) is 0.440. The predicted molar refractivity (Wildman–Crippen MR) is 119 cm³/mol. The number of hydrogen-bond donors (Lipinski definition) is 1. The lowest BCUT2D eigenvalue weighted by Crippen LogP contribution is -2.37. The van der Waals surface area contributed by atoms with Gasteiger partial charge in [-0.05, 0) is 62.4 Å². The molecular formula is C25H33NO4. The van der Waals surface area contributed by atoms with Crippen LogP contribution in [0.5, 0.6) is 5.75 Å². The van der Waals surface area contributed by atoms with Gasteiger partial charge in [-0.1, -0.05) is 43.3 Å². The van der Waals surface area contributed by atoms with Crippen molar-refractivity contribution in [1.82, 2.24) is 5.32 Å². The quantitative estimate of drug-likeness (QED) is 0.575. The molecule has 0 aromatic heterocycles. The molecule has 5 heteroatoms. The minimum absolute atomic E-state index is 0.0174. The number of benzene rings is 2. The topological polar surface area (TPSA) is 64.6 Å². The molecule has 0 saturated heterocycles. The van der Waals surface area contributed by atoms with Gasteiger partial charge in [0.1, 0.15) is 11.9 Å². The molecule has 0 saturated carbocycles. The smallest absolute Gasteiger partial charge is 0.260 e. The van der Waals surface area contributed by atoms with Crippen molar-refractivity contribution in [2.24, 2.45) is 0 Å². The Morgan fingerprint density at radius 1 is 0.933 bits per heavy atom. The largest absolute Gasteiger partial charge is 0.481 e. The summed E-state index contributed by atoms with van der Waals surface area (Å²) in [6, 6.07) is 15.9. The SMILES string of the molecule is CCO[C@@H](Cc1ccc(O[C@H](C)C(=O)NCCc2ccc(CC)cc2)cc1)C(C)=O. The monoisotopic (exact) mass is 411 g/mol. The molecule has 0 fully saturated rings. The summed E-state index contributed by atoms with van der Waals surface area (Å²) in [6.07, 6.45) is 1.32. The molecule has 5 nitrogen and oxygen atoms in total. The molecule has 30 heavy (non-hydrogen) atoms. The first-order valence-corrected chi connectivity index (χ1v) is 10.7. The van der Waals surface area contributed by atoms with Gasteiger partial charge in [0.05, 0.1) is 0 Å². The summed E-state index contributed by atoms with van der Waals surface area (Å²) in [7, 11) is 0. The first kappa shape index (κ1) is 23.6. The van der Waals surface area contributed by atoms with Crippen LogP contribution in [0.25, 0.3) is 0 Å². The van der Waals surface area contributed by atoms with Crippen LogP contribution < -0.4 is 10.1 Å². The number of aryl methyl sites for hydroxylation is 1. The summed E-state index contributed by atoms with van der Waals surface area (Å²) in [5.41, 5.74) is 3.50. The van der Waals surface area contributed by atoms with Crippen molar-refractivity contribution in [3.05, 3.63) is 65.2 Å². The highest BCUT2D eigenvalue weighted by Crippen LogP contribution is 2.16. The number of nitrogens with one attached hydrogen (secondary N) is 1. The molecule has 0 radical (unpaired) electrons. The maximum Gasteiger partial charge on any atom is 0.260 e. The highest BCUT2D eigenvalue weighted by atomic mass is 16.5. The van der Waals surface area contributed by atoms with Crippen molar-refractivity contribution in [2.45, 2.75) is 59.2 Å². The zero-order valence-corrected chi connectivity index (χ0v) is 18.4. The fourth-order valence-corrected chi connectivity index (χ4v) is 3.11. The van der Waals surface area contributed by atoms with Gasteiger partial charge in [-0.2, -0.15) is 0 Å². The van der Waals surface area contributed by atoms with Gasteiger partial charge in [0.25, 0.3) is 5.91 Å². The zero-order valence-electron chi connectivity index (χ0n) is 18.4. The Labute approximate surface area is 179 Å². The van der Waals surface area contributed by atoms with E-state index < -0.39 is 12.2 Å². The summed E-state index contributed by atoms with van der Waals surface area (Å²) in [6.45, 7) is 8.36. The highest BCUT2D eigenvalue weighted by molar-refractivity contribution is 5.81. The molecule has 1 N–H and O–H groups in total. The van der Waals surface area contributed by atoms with Crippen LogP contribution in [0.15, 0.2) is 48.5 Å². The van der Waals surface area contributed by atoms with E-state index in [9.17, 15) is 9.59 Å². The summed E-state index contributed by atoms with van der Waals surface area (Å²) in [5.74, 6) is 0.494. The van der Waals surface area contributed by atoms with Crippen molar-refractivity contribution in [1.29, 1.82) is 0 Å². The van der Waals surface area contributed by atoms with Gasteiger partial charge in [0, 0.05) is 19.6 Å². The van der Waals surface area contributed by atoms with E-state index in [1.807, 2.05) is 31.2 Å². The van der Waals surface area contributed by atoms with Crippen molar-refractivity contribution >= 4 is 11.7 Å². The van der Waals surface area contributed by atoms with Crippen molar-refractivity contribution < 1.29 is 19.1 Å². The Kier molecular flexibility index (Phi) is 9.55. The van der Waals surface area contributed by atoms with E-state index in [1.165, 1.54) is 11.1 Å². The van der Waals surface area contributed by atoms with Crippen molar-refractivity contribution in [2.75, 3.05) is 13.2 Å². The molecule has 2 atom stereocenters.